The second kappa shape index (κ2) is 8.38. The van der Waals surface area contributed by atoms with Gasteiger partial charge >= 0.3 is 0 Å². The zero-order chi connectivity index (χ0) is 10.1. The number of hydrogen-bond donors (Lipinski definition) is 0. The van der Waals surface area contributed by atoms with Crippen LogP contribution in [0.5, 0.6) is 0 Å². The molecule has 0 aliphatic rings. The molecular weight excluding hydrogens is 146 g/mol. The summed E-state index contributed by atoms with van der Waals surface area (Å²) in [6.07, 6.45) is 0. The van der Waals surface area contributed by atoms with Crippen molar-refractivity contribution in [3.63, 3.8) is 0 Å². The second-order valence-corrected chi connectivity index (χ2v) is 2.18. The number of aromatic nitrogens is 1. The third-order valence-corrected chi connectivity index (χ3v) is 1.62. The topological polar surface area (TPSA) is 4.93 Å². The first-order valence-corrected chi connectivity index (χ1v) is 4.81. The van der Waals surface area contributed by atoms with Crippen molar-refractivity contribution in [3.8, 4) is 0 Å². The summed E-state index contributed by atoms with van der Waals surface area (Å²) in [7, 11) is 2.07. The van der Waals surface area contributed by atoms with E-state index in [0.29, 0.717) is 0 Å². The molecule has 12 heavy (non-hydrogen) atoms. The van der Waals surface area contributed by atoms with E-state index in [-0.39, 0.29) is 0 Å². The fourth-order valence-electron chi connectivity index (χ4n) is 0.743. The molecule has 0 spiro atoms. The van der Waals surface area contributed by atoms with Gasteiger partial charge in [0, 0.05) is 18.4 Å². The van der Waals surface area contributed by atoms with Crippen LogP contribution in [0.1, 0.15) is 39.1 Å². The molecule has 0 saturated heterocycles. The van der Waals surface area contributed by atoms with Crippen LogP contribution in [0.2, 0.25) is 0 Å². The van der Waals surface area contributed by atoms with E-state index < -0.39 is 0 Å². The van der Waals surface area contributed by atoms with Crippen LogP contribution in [0, 0.1) is 13.8 Å². The lowest BCUT2D eigenvalue weighted by Crippen LogP contribution is -1.91. The van der Waals surface area contributed by atoms with Crippen LogP contribution in [-0.2, 0) is 7.05 Å². The highest BCUT2D eigenvalue weighted by Gasteiger charge is 1.90. The standard InChI is InChI=1S/C7H11N.2C2H6/c1-6-4-5-7(2)8(6)3;2*1-2/h4-5H,1-3H3;2*1-2H3. The Balaban J connectivity index is 0. The zero-order valence-corrected chi connectivity index (χ0v) is 9.60. The quantitative estimate of drug-likeness (QED) is 0.558. The first-order chi connectivity index (χ1) is 5.72. The minimum absolute atomic E-state index is 1.32. The van der Waals surface area contributed by atoms with Crippen LogP contribution in [0.4, 0.5) is 0 Å². The van der Waals surface area contributed by atoms with Gasteiger partial charge in [-0.1, -0.05) is 27.7 Å². The highest BCUT2D eigenvalue weighted by Crippen LogP contribution is 2.02. The van der Waals surface area contributed by atoms with Gasteiger partial charge < -0.3 is 4.57 Å². The second-order valence-electron chi connectivity index (χ2n) is 2.18. The van der Waals surface area contributed by atoms with Crippen molar-refractivity contribution in [2.75, 3.05) is 0 Å². The molecule has 0 aliphatic carbocycles. The van der Waals surface area contributed by atoms with E-state index in [0.717, 1.165) is 0 Å². The predicted octanol–water partition coefficient (Wildman–Crippen LogP) is 3.69. The molecule has 1 heterocycles. The Hall–Kier alpha value is -0.720. The number of rotatable bonds is 0. The Labute approximate surface area is 77.4 Å². The van der Waals surface area contributed by atoms with E-state index in [1.807, 2.05) is 27.7 Å². The van der Waals surface area contributed by atoms with E-state index in [1.54, 1.807) is 0 Å². The average Bonchev–Trinajstić information content (AvgIpc) is 2.43. The molecule has 72 valence electrons. The maximum atomic E-state index is 2.17. The Morgan fingerprint density at radius 1 is 0.833 bits per heavy atom. The van der Waals surface area contributed by atoms with Crippen LogP contribution in [0.3, 0.4) is 0 Å². The van der Waals surface area contributed by atoms with E-state index >= 15 is 0 Å². The van der Waals surface area contributed by atoms with Crippen molar-refractivity contribution < 1.29 is 0 Å². The summed E-state index contributed by atoms with van der Waals surface area (Å²) in [5.74, 6) is 0. The van der Waals surface area contributed by atoms with Crippen molar-refractivity contribution in [1.82, 2.24) is 4.57 Å². The van der Waals surface area contributed by atoms with Crippen molar-refractivity contribution >= 4 is 0 Å². The molecule has 0 N–H and O–H groups in total. The van der Waals surface area contributed by atoms with Gasteiger partial charge in [0.05, 0.1) is 0 Å². The summed E-state index contributed by atoms with van der Waals surface area (Å²) in [5, 5.41) is 0. The van der Waals surface area contributed by atoms with Gasteiger partial charge in [0.2, 0.25) is 0 Å². The summed E-state index contributed by atoms with van der Waals surface area (Å²) in [6.45, 7) is 12.2. The third kappa shape index (κ3) is 4.22. The van der Waals surface area contributed by atoms with Gasteiger partial charge in [-0.15, -0.1) is 0 Å². The van der Waals surface area contributed by atoms with Gasteiger partial charge in [-0.3, -0.25) is 0 Å². The van der Waals surface area contributed by atoms with Crippen LogP contribution in [0.25, 0.3) is 0 Å². The fourth-order valence-corrected chi connectivity index (χ4v) is 0.743. The average molecular weight is 169 g/mol. The molecule has 1 aromatic rings. The molecule has 1 aromatic heterocycles. The molecule has 0 bridgehead atoms. The number of hydrogen-bond acceptors (Lipinski definition) is 0. The van der Waals surface area contributed by atoms with Crippen molar-refractivity contribution in [2.45, 2.75) is 41.5 Å². The lowest BCUT2D eigenvalue weighted by Gasteiger charge is -1.96. The maximum absolute atomic E-state index is 2.17. The SMILES string of the molecule is CC.CC.Cc1ccc(C)n1C. The van der Waals surface area contributed by atoms with Gasteiger partial charge in [-0.25, -0.2) is 0 Å². The van der Waals surface area contributed by atoms with E-state index in [9.17, 15) is 0 Å². The minimum atomic E-state index is 1.32. The molecular formula is C11H23N. The summed E-state index contributed by atoms with van der Waals surface area (Å²) >= 11 is 0. The van der Waals surface area contributed by atoms with Gasteiger partial charge in [0.25, 0.3) is 0 Å². The molecule has 0 amide bonds. The summed E-state index contributed by atoms with van der Waals surface area (Å²) in [4.78, 5) is 0. The molecule has 0 saturated carbocycles. The predicted molar refractivity (Wildman–Crippen MR) is 57.6 cm³/mol. The largest absolute Gasteiger partial charge is 0.352 e. The Morgan fingerprint density at radius 2 is 1.08 bits per heavy atom. The zero-order valence-electron chi connectivity index (χ0n) is 9.60. The van der Waals surface area contributed by atoms with Crippen molar-refractivity contribution in [3.05, 3.63) is 23.5 Å². The Morgan fingerprint density at radius 3 is 1.17 bits per heavy atom. The van der Waals surface area contributed by atoms with E-state index in [2.05, 4.69) is 37.6 Å². The van der Waals surface area contributed by atoms with Crippen LogP contribution in [-0.4, -0.2) is 4.57 Å². The van der Waals surface area contributed by atoms with Crippen LogP contribution >= 0.6 is 0 Å². The van der Waals surface area contributed by atoms with Gasteiger partial charge in [0.15, 0.2) is 0 Å². The summed E-state index contributed by atoms with van der Waals surface area (Å²) in [6, 6.07) is 4.24. The lowest BCUT2D eigenvalue weighted by molar-refractivity contribution is 0.844. The molecule has 0 fully saturated rings. The van der Waals surface area contributed by atoms with E-state index in [1.165, 1.54) is 11.4 Å². The maximum Gasteiger partial charge on any atom is 0.0143 e. The lowest BCUT2D eigenvalue weighted by atomic mass is 10.5. The van der Waals surface area contributed by atoms with Gasteiger partial charge in [0.1, 0.15) is 0 Å². The first kappa shape index (κ1) is 13.8. The van der Waals surface area contributed by atoms with Crippen LogP contribution < -0.4 is 0 Å². The van der Waals surface area contributed by atoms with Gasteiger partial charge in [-0.05, 0) is 26.0 Å². The summed E-state index contributed by atoms with van der Waals surface area (Å²) < 4.78 is 2.17. The van der Waals surface area contributed by atoms with E-state index in [4.69, 9.17) is 0 Å². The molecule has 0 radical (unpaired) electrons. The van der Waals surface area contributed by atoms with Crippen LogP contribution in [0.15, 0.2) is 12.1 Å². The number of aryl methyl sites for hydroxylation is 2. The Kier molecular flexibility index (Phi) is 9.66. The normalized spacial score (nSPS) is 7.58. The molecule has 0 atom stereocenters. The molecule has 1 rings (SSSR count). The fraction of sp³-hybridized carbons (Fsp3) is 0.636. The molecule has 0 unspecified atom stereocenters. The summed E-state index contributed by atoms with van der Waals surface area (Å²) in [5.41, 5.74) is 2.64. The van der Waals surface area contributed by atoms with Crippen molar-refractivity contribution in [2.24, 2.45) is 7.05 Å². The minimum Gasteiger partial charge on any atom is -0.352 e. The monoisotopic (exact) mass is 169 g/mol. The molecule has 0 aliphatic heterocycles. The highest BCUT2D eigenvalue weighted by molar-refractivity contribution is 5.12. The highest BCUT2D eigenvalue weighted by atomic mass is 14.9. The van der Waals surface area contributed by atoms with Crippen molar-refractivity contribution in [1.29, 1.82) is 0 Å². The third-order valence-electron chi connectivity index (χ3n) is 1.62. The molecule has 0 aromatic carbocycles. The first-order valence-electron chi connectivity index (χ1n) is 4.81. The smallest absolute Gasteiger partial charge is 0.0143 e. The van der Waals surface area contributed by atoms with Gasteiger partial charge in [-0.2, -0.15) is 0 Å². The molecule has 1 heteroatoms. The number of nitrogens with zero attached hydrogens (tertiary/aromatic N) is 1. The molecule has 1 nitrogen and oxygen atoms in total. The Bertz CT molecular complexity index is 167.